The summed E-state index contributed by atoms with van der Waals surface area (Å²) in [6.45, 7) is 2.76. The highest BCUT2D eigenvalue weighted by Gasteiger charge is 2.00. The van der Waals surface area contributed by atoms with E-state index in [2.05, 4.69) is 5.32 Å². The van der Waals surface area contributed by atoms with Crippen LogP contribution in [0.25, 0.3) is 6.08 Å². The molecule has 0 aliphatic heterocycles. The number of unbranched alkanes of at least 4 members (excludes halogenated alkanes) is 1. The van der Waals surface area contributed by atoms with Crippen LogP contribution in [0.1, 0.15) is 31.7 Å². The number of carbonyl (C=O) groups excluding carboxylic acids is 2. The van der Waals surface area contributed by atoms with Gasteiger partial charge in [0.2, 0.25) is 5.91 Å². The molecule has 1 aromatic rings. The maximum absolute atomic E-state index is 11.5. The number of ether oxygens (including phenoxy) is 1. The lowest BCUT2D eigenvalue weighted by Crippen LogP contribution is -2.22. The summed E-state index contributed by atoms with van der Waals surface area (Å²) in [6, 6.07) is 9.88. The molecule has 0 bridgehead atoms. The van der Waals surface area contributed by atoms with Gasteiger partial charge in [0.15, 0.2) is 0 Å². The van der Waals surface area contributed by atoms with Gasteiger partial charge in [-0.25, -0.2) is 0 Å². The van der Waals surface area contributed by atoms with Crippen LogP contribution in [0.5, 0.6) is 0 Å². The van der Waals surface area contributed by atoms with Crippen molar-refractivity contribution < 1.29 is 14.3 Å². The minimum Gasteiger partial charge on any atom is -0.466 e. The van der Waals surface area contributed by atoms with Gasteiger partial charge < -0.3 is 10.1 Å². The van der Waals surface area contributed by atoms with Gasteiger partial charge in [-0.3, -0.25) is 9.59 Å². The highest BCUT2D eigenvalue weighted by Crippen LogP contribution is 2.00. The van der Waals surface area contributed by atoms with Gasteiger partial charge in [0, 0.05) is 19.0 Å². The quantitative estimate of drug-likeness (QED) is 0.330. The van der Waals surface area contributed by atoms with E-state index >= 15 is 0 Å². The van der Waals surface area contributed by atoms with Crippen molar-refractivity contribution in [2.45, 2.75) is 26.2 Å². The van der Waals surface area contributed by atoms with Crippen molar-refractivity contribution in [3.05, 3.63) is 54.1 Å². The Morgan fingerprint density at radius 1 is 1.14 bits per heavy atom. The molecule has 0 aromatic heterocycles. The first-order valence-electron chi connectivity index (χ1n) is 7.55. The lowest BCUT2D eigenvalue weighted by Gasteiger charge is -2.02. The van der Waals surface area contributed by atoms with Gasteiger partial charge in [0.05, 0.1) is 6.61 Å². The Bertz CT molecular complexity index is 506. The molecule has 0 saturated heterocycles. The average Bonchev–Trinajstić information content (AvgIpc) is 2.52. The molecule has 0 spiro atoms. The zero-order valence-corrected chi connectivity index (χ0v) is 13.0. The lowest BCUT2D eigenvalue weighted by molar-refractivity contribution is -0.143. The summed E-state index contributed by atoms with van der Waals surface area (Å²) in [5.41, 5.74) is 1.09. The minimum atomic E-state index is -0.181. The maximum atomic E-state index is 11.5. The van der Waals surface area contributed by atoms with Crippen LogP contribution in [0.2, 0.25) is 0 Å². The molecule has 0 fully saturated rings. The van der Waals surface area contributed by atoms with Gasteiger partial charge in [-0.2, -0.15) is 0 Å². The van der Waals surface area contributed by atoms with Crippen molar-refractivity contribution >= 4 is 18.0 Å². The summed E-state index contributed by atoms with van der Waals surface area (Å²) < 4.78 is 4.83. The standard InChI is InChI=1S/C18H23NO3/c1-2-22-18(21)14-8-9-15-19-17(20)13-7-6-12-16-10-4-3-5-11-16/h3-7,10-13H,2,8-9,14-15H2,1H3,(H,19,20)/b12-6+,13-7+. The van der Waals surface area contributed by atoms with Crippen LogP contribution >= 0.6 is 0 Å². The molecule has 1 amide bonds. The van der Waals surface area contributed by atoms with E-state index < -0.39 is 0 Å². The average molecular weight is 301 g/mol. The van der Waals surface area contributed by atoms with E-state index in [4.69, 9.17) is 4.74 Å². The van der Waals surface area contributed by atoms with Crippen LogP contribution in [0.3, 0.4) is 0 Å². The predicted molar refractivity (Wildman–Crippen MR) is 88.1 cm³/mol. The smallest absolute Gasteiger partial charge is 0.305 e. The summed E-state index contributed by atoms with van der Waals surface area (Å²) in [6.07, 6.45) is 8.85. The van der Waals surface area contributed by atoms with Crippen LogP contribution in [0, 0.1) is 0 Å². The van der Waals surface area contributed by atoms with Crippen LogP contribution in [0.15, 0.2) is 48.6 Å². The maximum Gasteiger partial charge on any atom is 0.305 e. The third-order valence-corrected chi connectivity index (χ3v) is 2.86. The Morgan fingerprint density at radius 3 is 2.64 bits per heavy atom. The first-order chi connectivity index (χ1) is 10.7. The van der Waals surface area contributed by atoms with E-state index in [9.17, 15) is 9.59 Å². The highest BCUT2D eigenvalue weighted by atomic mass is 16.5. The van der Waals surface area contributed by atoms with E-state index in [1.165, 1.54) is 6.08 Å². The fraction of sp³-hybridized carbons (Fsp3) is 0.333. The van der Waals surface area contributed by atoms with Crippen molar-refractivity contribution in [2.24, 2.45) is 0 Å². The molecule has 1 aromatic carbocycles. The van der Waals surface area contributed by atoms with Gasteiger partial charge in [0.25, 0.3) is 0 Å². The number of rotatable bonds is 9. The van der Waals surface area contributed by atoms with Crippen LogP contribution < -0.4 is 5.32 Å². The first-order valence-corrected chi connectivity index (χ1v) is 7.55. The van der Waals surface area contributed by atoms with Crippen molar-refractivity contribution in [3.8, 4) is 0 Å². The SMILES string of the molecule is CCOC(=O)CCCCNC(=O)/C=C/C=C/c1ccccc1. The molecule has 0 radical (unpaired) electrons. The Kier molecular flexibility index (Phi) is 9.10. The van der Waals surface area contributed by atoms with Gasteiger partial charge in [-0.05, 0) is 25.3 Å². The highest BCUT2D eigenvalue weighted by molar-refractivity contribution is 5.87. The van der Waals surface area contributed by atoms with Gasteiger partial charge in [-0.15, -0.1) is 0 Å². The van der Waals surface area contributed by atoms with E-state index in [0.29, 0.717) is 19.6 Å². The fourth-order valence-corrected chi connectivity index (χ4v) is 1.77. The zero-order chi connectivity index (χ0) is 16.0. The third-order valence-electron chi connectivity index (χ3n) is 2.86. The largest absolute Gasteiger partial charge is 0.466 e. The number of carbonyl (C=O) groups is 2. The molecule has 0 saturated carbocycles. The molecule has 1 rings (SSSR count). The Morgan fingerprint density at radius 2 is 1.91 bits per heavy atom. The summed E-state index contributed by atoms with van der Waals surface area (Å²) >= 11 is 0. The number of hydrogen-bond donors (Lipinski definition) is 1. The van der Waals surface area contributed by atoms with Gasteiger partial charge in [0.1, 0.15) is 0 Å². The minimum absolute atomic E-state index is 0.131. The molecule has 0 heterocycles. The van der Waals surface area contributed by atoms with Crippen molar-refractivity contribution in [2.75, 3.05) is 13.2 Å². The molecular weight excluding hydrogens is 278 g/mol. The topological polar surface area (TPSA) is 55.4 Å². The van der Waals surface area contributed by atoms with Crippen molar-refractivity contribution in [3.63, 3.8) is 0 Å². The monoisotopic (exact) mass is 301 g/mol. The number of esters is 1. The number of nitrogens with one attached hydrogen (secondary N) is 1. The normalized spacial score (nSPS) is 11.0. The molecule has 0 unspecified atom stereocenters. The Labute approximate surface area is 131 Å². The van der Waals surface area contributed by atoms with Crippen LogP contribution in [-0.4, -0.2) is 25.0 Å². The first kappa shape index (κ1) is 17.7. The van der Waals surface area contributed by atoms with E-state index in [0.717, 1.165) is 18.4 Å². The number of hydrogen-bond acceptors (Lipinski definition) is 3. The molecule has 1 N–H and O–H groups in total. The van der Waals surface area contributed by atoms with Crippen LogP contribution in [0.4, 0.5) is 0 Å². The zero-order valence-electron chi connectivity index (χ0n) is 13.0. The summed E-state index contributed by atoms with van der Waals surface area (Å²) in [5, 5.41) is 2.78. The summed E-state index contributed by atoms with van der Waals surface area (Å²) in [7, 11) is 0. The molecule has 4 nitrogen and oxygen atoms in total. The summed E-state index contributed by atoms with van der Waals surface area (Å²) in [4.78, 5) is 22.6. The summed E-state index contributed by atoms with van der Waals surface area (Å²) in [5.74, 6) is -0.311. The number of allylic oxidation sites excluding steroid dienone is 2. The second-order valence-electron chi connectivity index (χ2n) is 4.68. The fourth-order valence-electron chi connectivity index (χ4n) is 1.77. The molecule has 22 heavy (non-hydrogen) atoms. The molecule has 4 heteroatoms. The van der Waals surface area contributed by atoms with Gasteiger partial charge in [-0.1, -0.05) is 48.6 Å². The lowest BCUT2D eigenvalue weighted by atomic mass is 10.2. The Balaban J connectivity index is 2.12. The third kappa shape index (κ3) is 8.74. The number of amides is 1. The van der Waals surface area contributed by atoms with Crippen molar-refractivity contribution in [1.82, 2.24) is 5.32 Å². The molecule has 0 aliphatic carbocycles. The molecular formula is C18H23NO3. The Hall–Kier alpha value is -2.36. The van der Waals surface area contributed by atoms with E-state index in [1.54, 1.807) is 13.0 Å². The predicted octanol–water partition coefficient (Wildman–Crippen LogP) is 3.11. The molecule has 118 valence electrons. The van der Waals surface area contributed by atoms with E-state index in [-0.39, 0.29) is 11.9 Å². The second kappa shape index (κ2) is 11.3. The van der Waals surface area contributed by atoms with E-state index in [1.807, 2.05) is 42.5 Å². The molecule has 0 aliphatic rings. The van der Waals surface area contributed by atoms with Crippen LogP contribution in [-0.2, 0) is 14.3 Å². The number of benzene rings is 1. The molecule has 0 atom stereocenters. The van der Waals surface area contributed by atoms with Gasteiger partial charge >= 0.3 is 5.97 Å². The van der Waals surface area contributed by atoms with Crippen molar-refractivity contribution in [1.29, 1.82) is 0 Å². The second-order valence-corrected chi connectivity index (χ2v) is 4.68.